The molecule has 0 atom stereocenters. The van der Waals surface area contributed by atoms with Gasteiger partial charge < -0.3 is 9.32 Å². The van der Waals surface area contributed by atoms with Gasteiger partial charge >= 0.3 is 6.18 Å². The van der Waals surface area contributed by atoms with Gasteiger partial charge in [-0.05, 0) is 36.1 Å². The molecule has 0 bridgehead atoms. The van der Waals surface area contributed by atoms with E-state index >= 15 is 0 Å². The van der Waals surface area contributed by atoms with Gasteiger partial charge in [0.1, 0.15) is 17.6 Å². The van der Waals surface area contributed by atoms with Crippen LogP contribution in [0.2, 0.25) is 0 Å². The third kappa shape index (κ3) is 3.68. The third-order valence-corrected chi connectivity index (χ3v) is 5.05. The van der Waals surface area contributed by atoms with Gasteiger partial charge in [-0.3, -0.25) is 4.79 Å². The second-order valence-electron chi connectivity index (χ2n) is 6.78. The Bertz CT molecular complexity index is 827. The number of fused-ring (bicyclic) bond motifs is 1. The summed E-state index contributed by atoms with van der Waals surface area (Å²) in [7, 11) is 0. The van der Waals surface area contributed by atoms with Gasteiger partial charge in [0, 0.05) is 23.5 Å². The molecule has 1 aromatic heterocycles. The monoisotopic (exact) mass is 429 g/mol. The van der Waals surface area contributed by atoms with E-state index in [0.29, 0.717) is 25.8 Å². The van der Waals surface area contributed by atoms with Crippen LogP contribution in [0.5, 0.6) is 0 Å². The van der Waals surface area contributed by atoms with Gasteiger partial charge in [0.15, 0.2) is 0 Å². The standard InChI is InChI=1S/C19H19BrF3NO2/c1-11(2)17-16(15(10-26-17)19(21,22)23)18(25)24-7-3-4-12-8-14(20)6-5-13(12)9-24/h5-6,8,10-11H,3-4,7,9H2,1-2H3. The lowest BCUT2D eigenvalue weighted by Gasteiger charge is -2.22. The quantitative estimate of drug-likeness (QED) is 0.606. The van der Waals surface area contributed by atoms with Crippen LogP contribution >= 0.6 is 15.9 Å². The summed E-state index contributed by atoms with van der Waals surface area (Å²) in [6.07, 6.45) is -2.49. The first kappa shape index (κ1) is 19.0. The van der Waals surface area contributed by atoms with Crippen LogP contribution in [0.3, 0.4) is 0 Å². The molecule has 0 spiro atoms. The lowest BCUT2D eigenvalue weighted by molar-refractivity contribution is -0.138. The Morgan fingerprint density at radius 2 is 2.00 bits per heavy atom. The maximum absolute atomic E-state index is 13.4. The Morgan fingerprint density at radius 3 is 2.65 bits per heavy atom. The minimum atomic E-state index is -4.63. The largest absolute Gasteiger partial charge is 0.468 e. The average molecular weight is 430 g/mol. The molecule has 2 heterocycles. The highest BCUT2D eigenvalue weighted by atomic mass is 79.9. The van der Waals surface area contributed by atoms with E-state index in [9.17, 15) is 18.0 Å². The molecule has 7 heteroatoms. The fourth-order valence-electron chi connectivity index (χ4n) is 3.28. The number of hydrogen-bond donors (Lipinski definition) is 0. The second-order valence-corrected chi connectivity index (χ2v) is 7.70. The molecule has 0 unspecified atom stereocenters. The number of alkyl halides is 3. The second kappa shape index (κ2) is 7.10. The van der Waals surface area contributed by atoms with Crippen molar-refractivity contribution in [1.82, 2.24) is 4.90 Å². The average Bonchev–Trinajstić information content (AvgIpc) is 2.90. The van der Waals surface area contributed by atoms with Gasteiger partial charge in [0.25, 0.3) is 5.91 Å². The molecule has 0 radical (unpaired) electrons. The molecular formula is C19H19BrF3NO2. The van der Waals surface area contributed by atoms with Crippen LogP contribution in [0.4, 0.5) is 13.2 Å². The summed E-state index contributed by atoms with van der Waals surface area (Å²) in [6.45, 7) is 4.13. The fourth-order valence-corrected chi connectivity index (χ4v) is 3.69. The van der Waals surface area contributed by atoms with Gasteiger partial charge in [-0.15, -0.1) is 0 Å². The Kier molecular flexibility index (Phi) is 5.19. The van der Waals surface area contributed by atoms with E-state index in [-0.39, 0.29) is 17.2 Å². The van der Waals surface area contributed by atoms with Crippen molar-refractivity contribution in [3.05, 3.63) is 56.9 Å². The van der Waals surface area contributed by atoms with Crippen molar-refractivity contribution in [2.75, 3.05) is 6.54 Å². The van der Waals surface area contributed by atoms with Gasteiger partial charge in [-0.1, -0.05) is 35.8 Å². The van der Waals surface area contributed by atoms with Gasteiger partial charge in [0.2, 0.25) is 0 Å². The van der Waals surface area contributed by atoms with Crippen molar-refractivity contribution in [3.8, 4) is 0 Å². The van der Waals surface area contributed by atoms with Crippen molar-refractivity contribution < 1.29 is 22.4 Å². The zero-order valence-corrected chi connectivity index (χ0v) is 16.1. The van der Waals surface area contributed by atoms with Crippen LogP contribution in [0.1, 0.15) is 59.0 Å². The number of hydrogen-bond acceptors (Lipinski definition) is 2. The molecule has 0 aliphatic carbocycles. The first-order valence-corrected chi connectivity index (χ1v) is 9.23. The molecule has 140 valence electrons. The molecule has 2 aromatic rings. The summed E-state index contributed by atoms with van der Waals surface area (Å²) in [4.78, 5) is 14.5. The third-order valence-electron chi connectivity index (χ3n) is 4.55. The Morgan fingerprint density at radius 1 is 1.27 bits per heavy atom. The number of benzene rings is 1. The molecule has 26 heavy (non-hydrogen) atoms. The van der Waals surface area contributed by atoms with Crippen LogP contribution in [-0.2, 0) is 19.1 Å². The minimum Gasteiger partial charge on any atom is -0.468 e. The van der Waals surface area contributed by atoms with Crippen molar-refractivity contribution in [2.24, 2.45) is 0 Å². The summed E-state index contributed by atoms with van der Waals surface area (Å²) >= 11 is 3.43. The van der Waals surface area contributed by atoms with Gasteiger partial charge in [-0.25, -0.2) is 0 Å². The number of carbonyl (C=O) groups excluding carboxylic acids is 1. The molecule has 1 aliphatic rings. The van der Waals surface area contributed by atoms with E-state index < -0.39 is 17.6 Å². The summed E-state index contributed by atoms with van der Waals surface area (Å²) in [5.41, 5.74) is 0.726. The van der Waals surface area contributed by atoms with Gasteiger partial charge in [-0.2, -0.15) is 13.2 Å². The van der Waals surface area contributed by atoms with E-state index in [1.807, 2.05) is 18.2 Å². The zero-order valence-electron chi connectivity index (χ0n) is 14.5. The van der Waals surface area contributed by atoms with E-state index in [1.54, 1.807) is 13.8 Å². The van der Waals surface area contributed by atoms with Crippen molar-refractivity contribution >= 4 is 21.8 Å². The van der Waals surface area contributed by atoms with Crippen LogP contribution < -0.4 is 0 Å². The topological polar surface area (TPSA) is 33.5 Å². The Balaban J connectivity index is 1.99. The highest BCUT2D eigenvalue weighted by molar-refractivity contribution is 9.10. The number of amides is 1. The lowest BCUT2D eigenvalue weighted by atomic mass is 10.0. The summed E-state index contributed by atoms with van der Waals surface area (Å²) < 4.78 is 46.2. The molecule has 3 rings (SSSR count). The predicted octanol–water partition coefficient (Wildman–Crippen LogP) is 5.77. The number of carbonyl (C=O) groups is 1. The maximum atomic E-state index is 13.4. The number of nitrogens with zero attached hydrogens (tertiary/aromatic N) is 1. The molecule has 3 nitrogen and oxygen atoms in total. The lowest BCUT2D eigenvalue weighted by Crippen LogP contribution is -2.32. The molecule has 1 aromatic carbocycles. The zero-order chi connectivity index (χ0) is 19.1. The molecule has 0 N–H and O–H groups in total. The molecule has 0 saturated carbocycles. The van der Waals surface area contributed by atoms with Crippen molar-refractivity contribution in [1.29, 1.82) is 0 Å². The van der Waals surface area contributed by atoms with E-state index in [2.05, 4.69) is 15.9 Å². The summed E-state index contributed by atoms with van der Waals surface area (Å²) in [5.74, 6) is -0.853. The number of furan rings is 1. The number of aryl methyl sites for hydroxylation is 1. The first-order valence-electron chi connectivity index (χ1n) is 8.43. The Hall–Kier alpha value is -1.76. The van der Waals surface area contributed by atoms with Crippen LogP contribution in [0.25, 0.3) is 0 Å². The Labute approximate surface area is 158 Å². The molecule has 0 saturated heterocycles. The van der Waals surface area contributed by atoms with Gasteiger partial charge in [0.05, 0.1) is 5.56 Å². The minimum absolute atomic E-state index is 0.0857. The first-order chi connectivity index (χ1) is 12.2. The summed E-state index contributed by atoms with van der Waals surface area (Å²) in [5, 5.41) is 0. The highest BCUT2D eigenvalue weighted by Gasteiger charge is 2.41. The highest BCUT2D eigenvalue weighted by Crippen LogP contribution is 2.38. The van der Waals surface area contributed by atoms with Crippen molar-refractivity contribution in [2.45, 2.75) is 45.3 Å². The SMILES string of the molecule is CC(C)c1occ(C(F)(F)F)c1C(=O)N1CCCc2cc(Br)ccc2C1. The fraction of sp³-hybridized carbons (Fsp3) is 0.421. The van der Waals surface area contributed by atoms with Crippen LogP contribution in [-0.4, -0.2) is 17.4 Å². The normalized spacial score (nSPS) is 15.1. The smallest absolute Gasteiger partial charge is 0.420 e. The van der Waals surface area contributed by atoms with Crippen LogP contribution in [0, 0.1) is 0 Å². The molecule has 1 amide bonds. The van der Waals surface area contributed by atoms with E-state index in [0.717, 1.165) is 22.0 Å². The van der Waals surface area contributed by atoms with Crippen molar-refractivity contribution in [3.63, 3.8) is 0 Å². The molecule has 0 fully saturated rings. The van der Waals surface area contributed by atoms with E-state index in [4.69, 9.17) is 4.42 Å². The van der Waals surface area contributed by atoms with E-state index in [1.165, 1.54) is 4.90 Å². The molecular weight excluding hydrogens is 411 g/mol. The maximum Gasteiger partial charge on any atom is 0.420 e. The predicted molar refractivity (Wildman–Crippen MR) is 95.0 cm³/mol. The summed E-state index contributed by atoms with van der Waals surface area (Å²) in [6, 6.07) is 5.79. The molecule has 1 aliphatic heterocycles. The van der Waals surface area contributed by atoms with Crippen LogP contribution in [0.15, 0.2) is 33.4 Å². The number of rotatable bonds is 2. The number of halogens is 4.